The summed E-state index contributed by atoms with van der Waals surface area (Å²) < 4.78 is 7.56. The van der Waals surface area contributed by atoms with Crippen molar-refractivity contribution >= 4 is 11.6 Å². The fraction of sp³-hybridized carbons (Fsp3) is 0.263. The van der Waals surface area contributed by atoms with Gasteiger partial charge in [0, 0.05) is 6.20 Å². The second kappa shape index (κ2) is 6.95. The lowest BCUT2D eigenvalue weighted by molar-refractivity contribution is 0.0949. The van der Waals surface area contributed by atoms with E-state index in [1.807, 2.05) is 49.4 Å². The van der Waals surface area contributed by atoms with E-state index < -0.39 is 0 Å². The van der Waals surface area contributed by atoms with E-state index in [1.165, 1.54) is 0 Å². The van der Waals surface area contributed by atoms with Crippen molar-refractivity contribution in [1.29, 1.82) is 0 Å². The summed E-state index contributed by atoms with van der Waals surface area (Å²) in [6, 6.07) is 13.3. The van der Waals surface area contributed by atoms with E-state index in [0.717, 1.165) is 23.6 Å². The van der Waals surface area contributed by atoms with E-state index in [-0.39, 0.29) is 12.0 Å². The van der Waals surface area contributed by atoms with Gasteiger partial charge in [0.2, 0.25) is 0 Å². The number of hydrogen-bond donors (Lipinski definition) is 0. The molecule has 0 fully saturated rings. The van der Waals surface area contributed by atoms with Gasteiger partial charge in [0.1, 0.15) is 11.9 Å². The number of rotatable bonds is 4. The first-order valence-electron chi connectivity index (χ1n) is 8.62. The van der Waals surface area contributed by atoms with Gasteiger partial charge in [-0.3, -0.25) is 14.7 Å². The highest BCUT2D eigenvalue weighted by Gasteiger charge is 2.30. The summed E-state index contributed by atoms with van der Waals surface area (Å²) >= 11 is 0. The van der Waals surface area contributed by atoms with Crippen molar-refractivity contribution < 1.29 is 9.53 Å². The van der Waals surface area contributed by atoms with Gasteiger partial charge < -0.3 is 4.74 Å². The molecule has 26 heavy (non-hydrogen) atoms. The Morgan fingerprint density at radius 3 is 2.88 bits per heavy atom. The van der Waals surface area contributed by atoms with Crippen LogP contribution >= 0.6 is 0 Å². The Bertz CT molecular complexity index is 909. The fourth-order valence-corrected chi connectivity index (χ4v) is 2.97. The summed E-state index contributed by atoms with van der Waals surface area (Å²) in [5.41, 5.74) is 1.94. The maximum absolute atomic E-state index is 13.0. The maximum atomic E-state index is 13.0. The van der Waals surface area contributed by atoms with E-state index in [1.54, 1.807) is 22.0 Å². The lowest BCUT2D eigenvalue weighted by atomic mass is 10.1. The van der Waals surface area contributed by atoms with Crippen LogP contribution in [0.5, 0.6) is 5.75 Å². The molecule has 0 saturated heterocycles. The predicted molar refractivity (Wildman–Crippen MR) is 96.2 cm³/mol. The van der Waals surface area contributed by atoms with Gasteiger partial charge in [-0.25, -0.2) is 4.68 Å². The molecule has 3 aromatic rings. The van der Waals surface area contributed by atoms with Gasteiger partial charge in [-0.1, -0.05) is 30.3 Å². The smallest absolute Gasteiger partial charge is 0.280 e. The molecule has 0 N–H and O–H groups in total. The number of amides is 1. The Balaban J connectivity index is 1.58. The highest BCUT2D eigenvalue weighted by atomic mass is 16.5. The molecule has 7 heteroatoms. The Morgan fingerprint density at radius 1 is 1.23 bits per heavy atom. The Labute approximate surface area is 151 Å². The van der Waals surface area contributed by atoms with Crippen molar-refractivity contribution in [2.75, 3.05) is 11.4 Å². The standard InChI is InChI=1S/C19H19N5O2/c1-2-15-12-24(17-8-3-4-9-18(17)26-15)19(25)16-13-23(22-21-16)11-14-7-5-6-10-20-14/h3-10,13,15H,2,11-12H2,1H3/t15-/m0/s1. The zero-order valence-corrected chi connectivity index (χ0v) is 14.4. The minimum Gasteiger partial charge on any atom is -0.486 e. The van der Waals surface area contributed by atoms with Gasteiger partial charge in [-0.2, -0.15) is 0 Å². The summed E-state index contributed by atoms with van der Waals surface area (Å²) in [7, 11) is 0. The van der Waals surface area contributed by atoms with Gasteiger partial charge in [0.15, 0.2) is 5.69 Å². The third-order valence-electron chi connectivity index (χ3n) is 4.34. The highest BCUT2D eigenvalue weighted by molar-refractivity contribution is 6.05. The average molecular weight is 349 g/mol. The number of carbonyl (C=O) groups is 1. The van der Waals surface area contributed by atoms with Gasteiger partial charge in [0.05, 0.1) is 30.7 Å². The minimum absolute atomic E-state index is 0.0302. The average Bonchev–Trinajstić information content (AvgIpc) is 3.15. The largest absolute Gasteiger partial charge is 0.486 e. The molecule has 1 amide bonds. The first kappa shape index (κ1) is 16.3. The number of benzene rings is 1. The highest BCUT2D eigenvalue weighted by Crippen LogP contribution is 2.34. The molecule has 4 rings (SSSR count). The topological polar surface area (TPSA) is 73.1 Å². The predicted octanol–water partition coefficient (Wildman–Crippen LogP) is 2.54. The molecule has 0 radical (unpaired) electrons. The van der Waals surface area contributed by atoms with Gasteiger partial charge in [0.25, 0.3) is 5.91 Å². The van der Waals surface area contributed by atoms with Crippen LogP contribution in [0, 0.1) is 0 Å². The molecule has 7 nitrogen and oxygen atoms in total. The number of anilines is 1. The number of nitrogens with zero attached hydrogens (tertiary/aromatic N) is 5. The van der Waals surface area contributed by atoms with E-state index in [0.29, 0.717) is 18.8 Å². The first-order chi connectivity index (χ1) is 12.7. The lowest BCUT2D eigenvalue weighted by Gasteiger charge is -2.34. The number of carbonyl (C=O) groups excluding carboxylic acids is 1. The summed E-state index contributed by atoms with van der Waals surface area (Å²) in [5, 5.41) is 8.13. The molecule has 0 spiro atoms. The van der Waals surface area contributed by atoms with Crippen molar-refractivity contribution in [1.82, 2.24) is 20.0 Å². The van der Waals surface area contributed by atoms with Gasteiger partial charge >= 0.3 is 0 Å². The van der Waals surface area contributed by atoms with Crippen molar-refractivity contribution in [3.63, 3.8) is 0 Å². The quantitative estimate of drug-likeness (QED) is 0.724. The van der Waals surface area contributed by atoms with Crippen LogP contribution in [0.25, 0.3) is 0 Å². The van der Waals surface area contributed by atoms with Crippen LogP contribution < -0.4 is 9.64 Å². The van der Waals surface area contributed by atoms with Crippen LogP contribution in [-0.2, 0) is 6.54 Å². The molecule has 1 atom stereocenters. The zero-order chi connectivity index (χ0) is 17.9. The summed E-state index contributed by atoms with van der Waals surface area (Å²) in [4.78, 5) is 19.0. The zero-order valence-electron chi connectivity index (χ0n) is 14.4. The summed E-state index contributed by atoms with van der Waals surface area (Å²) in [6.45, 7) is 3.02. The Morgan fingerprint density at radius 2 is 2.08 bits per heavy atom. The van der Waals surface area contributed by atoms with Crippen molar-refractivity contribution in [2.45, 2.75) is 26.0 Å². The van der Waals surface area contributed by atoms with Crippen molar-refractivity contribution in [2.24, 2.45) is 0 Å². The number of ether oxygens (including phenoxy) is 1. The normalized spacial score (nSPS) is 16.0. The van der Waals surface area contributed by atoms with Crippen LogP contribution in [0.3, 0.4) is 0 Å². The third-order valence-corrected chi connectivity index (χ3v) is 4.34. The molecule has 1 aliphatic heterocycles. The maximum Gasteiger partial charge on any atom is 0.280 e. The van der Waals surface area contributed by atoms with Gasteiger partial charge in [-0.05, 0) is 30.7 Å². The van der Waals surface area contributed by atoms with Crippen LogP contribution in [-0.4, -0.2) is 38.5 Å². The molecular formula is C19H19N5O2. The first-order valence-corrected chi connectivity index (χ1v) is 8.62. The molecule has 3 heterocycles. The summed E-state index contributed by atoms with van der Waals surface area (Å²) in [6.07, 6.45) is 4.19. The van der Waals surface area contributed by atoms with E-state index in [4.69, 9.17) is 4.74 Å². The fourth-order valence-electron chi connectivity index (χ4n) is 2.97. The van der Waals surface area contributed by atoms with Crippen LogP contribution in [0.4, 0.5) is 5.69 Å². The van der Waals surface area contributed by atoms with E-state index in [2.05, 4.69) is 15.3 Å². The third kappa shape index (κ3) is 3.15. The van der Waals surface area contributed by atoms with Crippen LogP contribution in [0.2, 0.25) is 0 Å². The SMILES string of the molecule is CC[C@H]1CN(C(=O)c2cn(Cc3ccccn3)nn2)c2ccccc2O1. The molecule has 132 valence electrons. The number of pyridine rings is 1. The second-order valence-electron chi connectivity index (χ2n) is 6.15. The molecule has 2 aromatic heterocycles. The number of para-hydroxylation sites is 2. The summed E-state index contributed by atoms with van der Waals surface area (Å²) in [5.74, 6) is 0.547. The molecule has 0 unspecified atom stereocenters. The molecule has 1 aliphatic rings. The van der Waals surface area contributed by atoms with E-state index >= 15 is 0 Å². The molecule has 0 saturated carbocycles. The monoisotopic (exact) mass is 349 g/mol. The van der Waals surface area contributed by atoms with Crippen LogP contribution in [0.15, 0.2) is 54.9 Å². The Kier molecular flexibility index (Phi) is 4.35. The van der Waals surface area contributed by atoms with Crippen molar-refractivity contribution in [3.8, 4) is 5.75 Å². The number of fused-ring (bicyclic) bond motifs is 1. The molecule has 1 aromatic carbocycles. The second-order valence-corrected chi connectivity index (χ2v) is 6.15. The number of hydrogen-bond acceptors (Lipinski definition) is 5. The molecule has 0 aliphatic carbocycles. The Hall–Kier alpha value is -3.22. The van der Waals surface area contributed by atoms with Crippen LogP contribution in [0.1, 0.15) is 29.5 Å². The molecular weight excluding hydrogens is 330 g/mol. The number of aromatic nitrogens is 4. The minimum atomic E-state index is -0.175. The van der Waals surface area contributed by atoms with Crippen molar-refractivity contribution in [3.05, 3.63) is 66.2 Å². The van der Waals surface area contributed by atoms with Gasteiger partial charge in [-0.15, -0.1) is 5.10 Å². The molecule has 0 bridgehead atoms. The van der Waals surface area contributed by atoms with E-state index in [9.17, 15) is 4.79 Å². The lowest BCUT2D eigenvalue weighted by Crippen LogP contribution is -2.43.